The van der Waals surface area contributed by atoms with Gasteiger partial charge in [-0.3, -0.25) is 19.8 Å². The second-order valence-electron chi connectivity index (χ2n) is 5.08. The molecule has 0 aliphatic carbocycles. The van der Waals surface area contributed by atoms with Crippen LogP contribution in [0.25, 0.3) is 6.08 Å². The van der Waals surface area contributed by atoms with Crippen molar-refractivity contribution < 1.29 is 14.1 Å². The highest BCUT2D eigenvalue weighted by atomic mass is 79.9. The van der Waals surface area contributed by atoms with E-state index in [1.165, 1.54) is 35.2 Å². The number of amides is 1. The second kappa shape index (κ2) is 7.43. The number of nitro benzene ring substituents is 1. The van der Waals surface area contributed by atoms with Crippen molar-refractivity contribution in [2.45, 2.75) is 0 Å². The number of carbonyl (C=O) groups is 1. The molecule has 0 saturated carbocycles. The van der Waals surface area contributed by atoms with Gasteiger partial charge in [0.05, 0.1) is 25.0 Å². The average molecular weight is 474 g/mol. The number of rotatable bonds is 3. The van der Waals surface area contributed by atoms with Crippen LogP contribution in [0.3, 0.4) is 0 Å². The molecule has 0 aromatic heterocycles. The van der Waals surface area contributed by atoms with Gasteiger partial charge >= 0.3 is 0 Å². The molecule has 0 N–H and O–H groups in total. The molecule has 1 amide bonds. The molecule has 0 unspecified atom stereocenters. The molecule has 1 heterocycles. The summed E-state index contributed by atoms with van der Waals surface area (Å²) in [5.41, 5.74) is 0.723. The molecule has 0 spiro atoms. The normalized spacial score (nSPS) is 15.8. The van der Waals surface area contributed by atoms with Gasteiger partial charge in [0.25, 0.3) is 11.6 Å². The van der Waals surface area contributed by atoms with Crippen molar-refractivity contribution in [3.8, 4) is 0 Å². The van der Waals surface area contributed by atoms with Gasteiger partial charge in [0, 0.05) is 6.07 Å². The molecule has 26 heavy (non-hydrogen) atoms. The number of anilines is 1. The van der Waals surface area contributed by atoms with E-state index in [1.54, 1.807) is 6.07 Å². The summed E-state index contributed by atoms with van der Waals surface area (Å²) in [6, 6.07) is 8.39. The first kappa shape index (κ1) is 19.0. The molecule has 5 nitrogen and oxygen atoms in total. The van der Waals surface area contributed by atoms with Crippen LogP contribution in [0.15, 0.2) is 45.8 Å². The van der Waals surface area contributed by atoms with Gasteiger partial charge in [-0.25, -0.2) is 4.39 Å². The standard InChI is InChI=1S/C16H7BrClFN2O3S2/c17-10-3-1-8(5-13(10)21(23)24)6-14-15(22)20(16(25)26-14)9-2-4-12(19)11(18)7-9/h1-7H/b14-6-. The Morgan fingerprint density at radius 1 is 1.31 bits per heavy atom. The van der Waals surface area contributed by atoms with Crippen LogP contribution in [-0.4, -0.2) is 15.2 Å². The highest BCUT2D eigenvalue weighted by molar-refractivity contribution is 9.10. The number of thioether (sulfide) groups is 1. The Labute approximate surface area is 170 Å². The fourth-order valence-electron chi connectivity index (χ4n) is 2.23. The van der Waals surface area contributed by atoms with Crippen LogP contribution in [0.4, 0.5) is 15.8 Å². The molecular weight excluding hydrogens is 467 g/mol. The number of halogens is 3. The lowest BCUT2D eigenvalue weighted by atomic mass is 10.2. The lowest BCUT2D eigenvalue weighted by Crippen LogP contribution is -2.27. The minimum Gasteiger partial charge on any atom is -0.268 e. The summed E-state index contributed by atoms with van der Waals surface area (Å²) in [4.78, 5) is 24.7. The van der Waals surface area contributed by atoms with Gasteiger partial charge in [-0.2, -0.15) is 0 Å². The molecule has 3 rings (SSSR count). The van der Waals surface area contributed by atoms with Crippen LogP contribution in [0, 0.1) is 15.9 Å². The summed E-state index contributed by atoms with van der Waals surface area (Å²) in [5.74, 6) is -1.01. The molecule has 0 atom stereocenters. The topological polar surface area (TPSA) is 63.4 Å². The first-order valence-corrected chi connectivity index (χ1v) is 9.34. The molecular formula is C16H7BrClFN2O3S2. The molecule has 1 aliphatic heterocycles. The number of carbonyl (C=O) groups excluding carboxylic acids is 1. The van der Waals surface area contributed by atoms with Gasteiger partial charge in [0.2, 0.25) is 0 Å². The number of thiocarbonyl (C=S) groups is 1. The summed E-state index contributed by atoms with van der Waals surface area (Å²) in [7, 11) is 0. The third-order valence-corrected chi connectivity index (χ3v) is 5.68. The maximum absolute atomic E-state index is 13.3. The monoisotopic (exact) mass is 472 g/mol. The van der Waals surface area contributed by atoms with Crippen LogP contribution in [0.5, 0.6) is 0 Å². The zero-order valence-electron chi connectivity index (χ0n) is 12.6. The van der Waals surface area contributed by atoms with Crippen LogP contribution in [0.2, 0.25) is 5.02 Å². The van der Waals surface area contributed by atoms with Crippen molar-refractivity contribution in [1.29, 1.82) is 0 Å². The minimum atomic E-state index is -0.599. The fraction of sp³-hybridized carbons (Fsp3) is 0. The van der Waals surface area contributed by atoms with E-state index in [-0.39, 0.29) is 15.0 Å². The van der Waals surface area contributed by atoms with Gasteiger partial charge in [0.15, 0.2) is 4.32 Å². The molecule has 10 heteroatoms. The summed E-state index contributed by atoms with van der Waals surface area (Å²) in [6.45, 7) is 0. The Kier molecular flexibility index (Phi) is 5.42. The SMILES string of the molecule is O=C1/C(=C/c2ccc(Br)c([N+](=O)[O-])c2)SC(=S)N1c1ccc(F)c(Cl)c1. The Bertz CT molecular complexity index is 999. The first-order chi connectivity index (χ1) is 12.3. The molecule has 2 aromatic carbocycles. The van der Waals surface area contributed by atoms with Gasteiger partial charge in [0.1, 0.15) is 5.82 Å². The van der Waals surface area contributed by atoms with E-state index >= 15 is 0 Å². The third kappa shape index (κ3) is 3.66. The average Bonchev–Trinajstić information content (AvgIpc) is 2.85. The Morgan fingerprint density at radius 3 is 2.69 bits per heavy atom. The second-order valence-corrected chi connectivity index (χ2v) is 8.02. The smallest absolute Gasteiger partial charge is 0.268 e. The van der Waals surface area contributed by atoms with Crippen LogP contribution in [0.1, 0.15) is 5.56 Å². The maximum Gasteiger partial charge on any atom is 0.284 e. The van der Waals surface area contributed by atoms with E-state index in [4.69, 9.17) is 23.8 Å². The summed E-state index contributed by atoms with van der Waals surface area (Å²) < 4.78 is 13.9. The third-order valence-electron chi connectivity index (χ3n) is 3.42. The molecule has 1 aliphatic rings. The van der Waals surface area contributed by atoms with Crippen molar-refractivity contribution in [2.24, 2.45) is 0 Å². The quantitative estimate of drug-likeness (QED) is 0.253. The zero-order chi connectivity index (χ0) is 19.0. The van der Waals surface area contributed by atoms with Gasteiger partial charge in [-0.05, 0) is 51.8 Å². The predicted octanol–water partition coefficient (Wildman–Crippen LogP) is 5.56. The largest absolute Gasteiger partial charge is 0.284 e. The van der Waals surface area contributed by atoms with Crippen LogP contribution < -0.4 is 4.90 Å². The summed E-state index contributed by atoms with van der Waals surface area (Å²) >= 11 is 15.2. The minimum absolute atomic E-state index is 0.112. The molecule has 1 saturated heterocycles. The Balaban J connectivity index is 1.96. The Morgan fingerprint density at radius 2 is 2.04 bits per heavy atom. The fourth-order valence-corrected chi connectivity index (χ4v) is 4.09. The summed E-state index contributed by atoms with van der Waals surface area (Å²) in [5, 5.41) is 10.9. The molecule has 0 bridgehead atoms. The molecule has 0 radical (unpaired) electrons. The van der Waals surface area contributed by atoms with Crippen molar-refractivity contribution in [2.75, 3.05) is 4.90 Å². The predicted molar refractivity (Wildman–Crippen MR) is 108 cm³/mol. The van der Waals surface area contributed by atoms with E-state index < -0.39 is 16.6 Å². The van der Waals surface area contributed by atoms with Crippen molar-refractivity contribution in [1.82, 2.24) is 0 Å². The first-order valence-electron chi connectivity index (χ1n) is 6.95. The van der Waals surface area contributed by atoms with Gasteiger partial charge in [-0.15, -0.1) is 0 Å². The highest BCUT2D eigenvalue weighted by Crippen LogP contribution is 2.37. The number of nitro groups is 1. The lowest BCUT2D eigenvalue weighted by molar-refractivity contribution is -0.385. The van der Waals surface area contributed by atoms with E-state index in [9.17, 15) is 19.3 Å². The number of hydrogen-bond acceptors (Lipinski definition) is 5. The van der Waals surface area contributed by atoms with Gasteiger partial charge < -0.3 is 0 Å². The zero-order valence-corrected chi connectivity index (χ0v) is 16.6. The van der Waals surface area contributed by atoms with E-state index in [0.29, 0.717) is 20.6 Å². The molecule has 2 aromatic rings. The van der Waals surface area contributed by atoms with E-state index in [1.807, 2.05) is 0 Å². The Hall–Kier alpha value is -1.81. The molecule has 1 fully saturated rings. The maximum atomic E-state index is 13.3. The lowest BCUT2D eigenvalue weighted by Gasteiger charge is -2.14. The number of hydrogen-bond donors (Lipinski definition) is 0. The van der Waals surface area contributed by atoms with Crippen LogP contribution >= 0.6 is 51.5 Å². The summed E-state index contributed by atoms with van der Waals surface area (Å²) in [6.07, 6.45) is 1.52. The van der Waals surface area contributed by atoms with Crippen molar-refractivity contribution >= 4 is 79.2 Å². The number of benzene rings is 2. The molecule has 132 valence electrons. The van der Waals surface area contributed by atoms with E-state index in [0.717, 1.165) is 17.8 Å². The van der Waals surface area contributed by atoms with Gasteiger partial charge in [-0.1, -0.05) is 41.6 Å². The van der Waals surface area contributed by atoms with Crippen LogP contribution in [-0.2, 0) is 4.79 Å². The highest BCUT2D eigenvalue weighted by Gasteiger charge is 2.33. The van der Waals surface area contributed by atoms with E-state index in [2.05, 4.69) is 15.9 Å². The number of nitrogens with zero attached hydrogens (tertiary/aromatic N) is 2. The van der Waals surface area contributed by atoms with Crippen molar-refractivity contribution in [3.05, 3.63) is 72.3 Å². The van der Waals surface area contributed by atoms with Crippen molar-refractivity contribution in [3.63, 3.8) is 0 Å².